The zero-order chi connectivity index (χ0) is 30.7. The van der Waals surface area contributed by atoms with Crippen LogP contribution in [0.25, 0.3) is 11.4 Å². The van der Waals surface area contributed by atoms with Gasteiger partial charge in [-0.3, -0.25) is 0 Å². The van der Waals surface area contributed by atoms with Crippen LogP contribution in [0.15, 0.2) is 73.1 Å². The van der Waals surface area contributed by atoms with Gasteiger partial charge in [0.25, 0.3) is 0 Å². The Labute approximate surface area is 263 Å². The number of imidazole rings is 1. The first-order chi connectivity index (χ1) is 20.0. The van der Waals surface area contributed by atoms with Gasteiger partial charge in [-0.1, -0.05) is 0 Å². The van der Waals surface area contributed by atoms with Crippen LogP contribution >= 0.6 is 11.8 Å². The number of carbonyl (C=O) groups is 1. The van der Waals surface area contributed by atoms with Gasteiger partial charge in [0.1, 0.15) is 0 Å². The van der Waals surface area contributed by atoms with Gasteiger partial charge in [-0.15, -0.1) is 0 Å². The van der Waals surface area contributed by atoms with E-state index in [0.717, 1.165) is 7.41 Å². The molecule has 0 unspecified atom stereocenters. The second kappa shape index (κ2) is 13.7. The molecule has 4 aromatic rings. The minimum absolute atomic E-state index is 0.0611. The first-order valence-corrected chi connectivity index (χ1v) is 19.1. The van der Waals surface area contributed by atoms with Gasteiger partial charge in [0, 0.05) is 0 Å². The molecule has 4 rings (SSSR count). The molecule has 3 nitrogen and oxygen atoms in total. The van der Waals surface area contributed by atoms with Crippen molar-refractivity contribution in [2.45, 2.75) is 79.1 Å². The molecular formula is C37H44AuN2OS. The summed E-state index contributed by atoms with van der Waals surface area (Å²) >= 11 is -1.18. The molecule has 1 aromatic heterocycles. The number of carbonyl (C=O) groups excluding carboxylic acids is 1. The number of hydrogen-bond acceptors (Lipinski definition) is 2. The summed E-state index contributed by atoms with van der Waals surface area (Å²) in [6.07, 6.45) is 12.8. The van der Waals surface area contributed by atoms with Gasteiger partial charge in [-0.05, 0) is 0 Å². The Balaban J connectivity index is 2.29. The van der Waals surface area contributed by atoms with Gasteiger partial charge >= 0.3 is 264 Å². The van der Waals surface area contributed by atoms with Crippen LogP contribution in [0.1, 0.15) is 112 Å². The molecule has 0 fully saturated rings. The third-order valence-electron chi connectivity index (χ3n) is 7.51. The van der Waals surface area contributed by atoms with Crippen LogP contribution in [0.5, 0.6) is 0 Å². The molecular weight excluding hydrogens is 717 g/mol. The molecule has 0 N–H and O–H groups in total. The summed E-state index contributed by atoms with van der Waals surface area (Å²) in [5, 5.41) is 0.0611. The number of rotatable bonds is 8. The predicted molar refractivity (Wildman–Crippen MR) is 177 cm³/mol. The van der Waals surface area contributed by atoms with Crippen molar-refractivity contribution < 1.29 is 22.8 Å². The van der Waals surface area contributed by atoms with Crippen molar-refractivity contribution in [2.24, 2.45) is 0 Å². The normalized spacial score (nSPS) is 12.0. The number of hydrogen-bond donors (Lipinski definition) is 0. The van der Waals surface area contributed by atoms with Crippen molar-refractivity contribution in [3.8, 4) is 21.9 Å². The second-order valence-electron chi connectivity index (χ2n) is 11.7. The standard InChI is InChI=1S/C27H36N2.C8H7OS.C2H.Au/c1-18(2)22-11-9-12-23(19(3)4)26(22)28-15-16-29(17-28)27-24(20(5)6)13-10-14-25(27)21(7)8;1-10-8(9)7-5-3-2-4-6-7;1-2;/h9-16,18-21H,1-8H3;2-3,5-6H,1H3;1H;. The van der Waals surface area contributed by atoms with E-state index in [1.54, 1.807) is 0 Å². The second-order valence-corrected chi connectivity index (χ2v) is 17.0. The molecule has 0 aliphatic heterocycles. The molecule has 0 radical (unpaired) electrons. The predicted octanol–water partition coefficient (Wildman–Crippen LogP) is 9.33. The molecule has 225 valence electrons. The molecule has 5 heteroatoms. The van der Waals surface area contributed by atoms with Crippen molar-refractivity contribution >= 4 is 20.7 Å². The Morgan fingerprint density at radius 2 is 1.12 bits per heavy atom. The van der Waals surface area contributed by atoms with Crippen LogP contribution in [-0.4, -0.2) is 20.5 Å². The van der Waals surface area contributed by atoms with Crippen molar-refractivity contribution in [3.05, 3.63) is 105 Å². The number of para-hydroxylation sites is 2. The van der Waals surface area contributed by atoms with E-state index >= 15 is 0 Å². The summed E-state index contributed by atoms with van der Waals surface area (Å²) in [7, 11) is 0. The van der Waals surface area contributed by atoms with E-state index in [9.17, 15) is 4.79 Å². The number of nitrogens with zero attached hydrogens (tertiary/aromatic N) is 2. The van der Waals surface area contributed by atoms with E-state index in [-0.39, 0.29) is 5.12 Å². The van der Waals surface area contributed by atoms with Crippen LogP contribution in [0.4, 0.5) is 0 Å². The van der Waals surface area contributed by atoms with E-state index in [2.05, 4.69) is 124 Å². The van der Waals surface area contributed by atoms with Gasteiger partial charge in [0.2, 0.25) is 0 Å². The molecule has 1 heterocycles. The average molecular weight is 762 g/mol. The first-order valence-electron chi connectivity index (χ1n) is 14.6. The Hall–Kier alpha value is -2.81. The molecule has 42 heavy (non-hydrogen) atoms. The van der Waals surface area contributed by atoms with Gasteiger partial charge < -0.3 is 0 Å². The minimum atomic E-state index is -2.42. The summed E-state index contributed by atoms with van der Waals surface area (Å²) in [4.78, 5) is 12.7. The first kappa shape index (κ1) is 32.1. The van der Waals surface area contributed by atoms with E-state index in [0.29, 0.717) is 29.2 Å². The number of thioether (sulfide) groups is 1. The van der Waals surface area contributed by atoms with Crippen molar-refractivity contribution in [1.29, 1.82) is 0 Å². The zero-order valence-corrected chi connectivity index (χ0v) is 29.3. The van der Waals surface area contributed by atoms with Gasteiger partial charge in [0.15, 0.2) is 0 Å². The van der Waals surface area contributed by atoms with Crippen LogP contribution in [0.2, 0.25) is 0 Å². The SMILES string of the molecule is C#[C][Au]([c]1cccc(C(=O)SC)c1)=[c]1n(-c2c(C(C)C)cccc2C(C)C)ccn1-c1c(C(C)C)cccc1C(C)C. The molecule has 3 aromatic carbocycles. The monoisotopic (exact) mass is 761 g/mol. The quantitative estimate of drug-likeness (QED) is 0.132. The van der Waals surface area contributed by atoms with Crippen molar-refractivity contribution in [2.75, 3.05) is 6.26 Å². The Morgan fingerprint density at radius 3 is 1.48 bits per heavy atom. The fraction of sp³-hybridized carbons (Fsp3) is 0.351. The number of aromatic nitrogens is 2. The Morgan fingerprint density at radius 1 is 0.714 bits per heavy atom. The molecule has 0 saturated carbocycles. The summed E-state index contributed by atoms with van der Waals surface area (Å²) in [6.45, 7) is 18.1. The molecule has 0 aliphatic carbocycles. The van der Waals surface area contributed by atoms with Gasteiger partial charge in [-0.2, -0.15) is 0 Å². The summed E-state index contributed by atoms with van der Waals surface area (Å²) in [6, 6.07) is 21.4. The van der Waals surface area contributed by atoms with Crippen LogP contribution < -0.4 is 3.78 Å². The van der Waals surface area contributed by atoms with E-state index in [4.69, 9.17) is 6.42 Å². The average Bonchev–Trinajstić information content (AvgIpc) is 3.40. The summed E-state index contributed by atoms with van der Waals surface area (Å²) in [5.41, 5.74) is 8.41. The van der Waals surface area contributed by atoms with Crippen LogP contribution in [-0.2, 0) is 18.0 Å². The number of terminal acetylenes is 1. The van der Waals surface area contributed by atoms with Gasteiger partial charge in [-0.25, -0.2) is 0 Å². The van der Waals surface area contributed by atoms with E-state index in [1.807, 2.05) is 24.5 Å². The third-order valence-corrected chi connectivity index (χ3v) is 12.7. The third kappa shape index (κ3) is 6.26. The molecule has 0 spiro atoms. The van der Waals surface area contributed by atoms with E-state index in [1.165, 1.54) is 45.4 Å². The van der Waals surface area contributed by atoms with Crippen LogP contribution in [0.3, 0.4) is 0 Å². The maximum atomic E-state index is 12.7. The fourth-order valence-electron chi connectivity index (χ4n) is 5.38. The van der Waals surface area contributed by atoms with Gasteiger partial charge in [0.05, 0.1) is 0 Å². The Bertz CT molecular complexity index is 1580. The topological polar surface area (TPSA) is 26.9 Å². The Kier molecular flexibility index (Phi) is 10.4. The molecule has 0 amide bonds. The van der Waals surface area contributed by atoms with E-state index < -0.39 is 18.0 Å². The number of benzene rings is 3. The molecule has 0 bridgehead atoms. The molecule has 0 aliphatic rings. The zero-order valence-electron chi connectivity index (χ0n) is 26.3. The van der Waals surface area contributed by atoms with Crippen molar-refractivity contribution in [1.82, 2.24) is 9.13 Å². The summed E-state index contributed by atoms with van der Waals surface area (Å²) < 4.78 is 10.3. The maximum absolute atomic E-state index is 12.7. The fourth-order valence-corrected chi connectivity index (χ4v) is 10.0. The molecule has 0 saturated heterocycles. The van der Waals surface area contributed by atoms with Crippen LogP contribution in [0, 0.1) is 14.2 Å². The molecule has 0 atom stereocenters. The van der Waals surface area contributed by atoms with Crippen molar-refractivity contribution in [3.63, 3.8) is 0 Å². The summed E-state index contributed by atoms with van der Waals surface area (Å²) in [5.74, 6) is 1.36.